The van der Waals surface area contributed by atoms with E-state index >= 15 is 0 Å². The predicted octanol–water partition coefficient (Wildman–Crippen LogP) is 1.73. The summed E-state index contributed by atoms with van der Waals surface area (Å²) in [6.45, 7) is 2.35. The van der Waals surface area contributed by atoms with Crippen LogP contribution in [0.3, 0.4) is 0 Å². The van der Waals surface area contributed by atoms with Crippen molar-refractivity contribution in [3.05, 3.63) is 60.2 Å². The molecule has 3 saturated heterocycles. The first kappa shape index (κ1) is 26.8. The lowest BCUT2D eigenvalue weighted by atomic mass is 9.70. The van der Waals surface area contributed by atoms with Crippen molar-refractivity contribution in [2.75, 3.05) is 13.2 Å². The Morgan fingerprint density at radius 3 is 2.67 bits per heavy atom. The Labute approximate surface area is 236 Å². The molecule has 4 heterocycles. The number of carbonyl (C=O) groups is 3. The molecule has 3 fully saturated rings. The molecule has 40 heavy (non-hydrogen) atoms. The van der Waals surface area contributed by atoms with E-state index in [4.69, 9.17) is 0 Å². The molecule has 3 amide bonds. The topological polar surface area (TPSA) is 129 Å². The number of hydrogen-bond donors (Lipinski definition) is 3. The van der Waals surface area contributed by atoms with E-state index in [1.807, 2.05) is 61.5 Å². The molecule has 210 valence electrons. The van der Waals surface area contributed by atoms with Crippen LogP contribution in [0.5, 0.6) is 0 Å². The Kier molecular flexibility index (Phi) is 7.26. The molecule has 10 nitrogen and oxygen atoms in total. The van der Waals surface area contributed by atoms with Crippen molar-refractivity contribution in [2.45, 2.75) is 61.4 Å². The summed E-state index contributed by atoms with van der Waals surface area (Å²) in [5.74, 6) is -1.73. The smallest absolute Gasteiger partial charge is 0.245 e. The number of hydrogen-bond acceptors (Lipinski definition) is 7. The zero-order valence-corrected chi connectivity index (χ0v) is 23.2. The Balaban J connectivity index is 1.33. The molecule has 3 aliphatic rings. The van der Waals surface area contributed by atoms with Crippen molar-refractivity contribution in [2.24, 2.45) is 11.8 Å². The molecule has 1 spiro atoms. The van der Waals surface area contributed by atoms with Gasteiger partial charge in [-0.1, -0.05) is 54.6 Å². The SMILES string of the molecule is CCCNC(=O)[C@@H]1[C@H]2C(=O)N([C@@H](CO)Cc3ccccc3)C(C(=O)NCn3nnc4ccccc43)C23CC[C@H]1S3. The van der Waals surface area contributed by atoms with Gasteiger partial charge in [-0.2, -0.15) is 0 Å². The van der Waals surface area contributed by atoms with Crippen molar-refractivity contribution in [1.29, 1.82) is 0 Å². The fourth-order valence-corrected chi connectivity index (χ4v) is 9.08. The normalized spacial score (nSPS) is 27.6. The number of carbonyl (C=O) groups excluding carboxylic acids is 3. The molecule has 2 aromatic carbocycles. The van der Waals surface area contributed by atoms with Crippen molar-refractivity contribution in [3.63, 3.8) is 0 Å². The Morgan fingerprint density at radius 1 is 1.12 bits per heavy atom. The zero-order chi connectivity index (χ0) is 27.9. The number of benzene rings is 2. The predicted molar refractivity (Wildman–Crippen MR) is 151 cm³/mol. The van der Waals surface area contributed by atoms with E-state index in [0.717, 1.165) is 29.4 Å². The number of amides is 3. The van der Waals surface area contributed by atoms with E-state index in [9.17, 15) is 19.5 Å². The summed E-state index contributed by atoms with van der Waals surface area (Å²) >= 11 is 1.62. The first-order valence-corrected chi connectivity index (χ1v) is 14.8. The van der Waals surface area contributed by atoms with Gasteiger partial charge < -0.3 is 20.6 Å². The average molecular weight is 563 g/mol. The maximum Gasteiger partial charge on any atom is 0.245 e. The molecule has 3 aromatic rings. The number of nitrogens with one attached hydrogen (secondary N) is 2. The molecule has 0 radical (unpaired) electrons. The highest BCUT2D eigenvalue weighted by Gasteiger charge is 2.74. The van der Waals surface area contributed by atoms with Crippen LogP contribution < -0.4 is 10.6 Å². The number of likely N-dealkylation sites (tertiary alicyclic amines) is 1. The van der Waals surface area contributed by atoms with Crippen LogP contribution in [0, 0.1) is 11.8 Å². The van der Waals surface area contributed by atoms with Gasteiger partial charge in [0.25, 0.3) is 0 Å². The van der Waals surface area contributed by atoms with E-state index in [2.05, 4.69) is 20.9 Å². The third-order valence-corrected chi connectivity index (χ3v) is 10.5. The molecule has 11 heteroatoms. The first-order chi connectivity index (χ1) is 19.5. The fourth-order valence-electron chi connectivity index (χ4n) is 6.87. The molecule has 6 rings (SSSR count). The van der Waals surface area contributed by atoms with Gasteiger partial charge in [-0.15, -0.1) is 16.9 Å². The third kappa shape index (κ3) is 4.35. The number of aliphatic hydroxyl groups excluding tert-OH is 1. The first-order valence-electron chi connectivity index (χ1n) is 14.0. The second kappa shape index (κ2) is 10.9. The number of thioether (sulfide) groups is 1. The van der Waals surface area contributed by atoms with Crippen LogP contribution in [0.1, 0.15) is 31.7 Å². The summed E-state index contributed by atoms with van der Waals surface area (Å²) in [6, 6.07) is 15.7. The molecule has 0 aliphatic carbocycles. The molecular weight excluding hydrogens is 528 g/mol. The molecule has 3 N–H and O–H groups in total. The van der Waals surface area contributed by atoms with Crippen molar-refractivity contribution in [1.82, 2.24) is 30.5 Å². The number of rotatable bonds is 10. The van der Waals surface area contributed by atoms with Crippen LogP contribution in [0.2, 0.25) is 0 Å². The minimum absolute atomic E-state index is 0.00999. The molecule has 1 aromatic heterocycles. The van der Waals surface area contributed by atoms with Crippen LogP contribution in [0.15, 0.2) is 54.6 Å². The van der Waals surface area contributed by atoms with Crippen LogP contribution in [0.25, 0.3) is 11.0 Å². The van der Waals surface area contributed by atoms with E-state index in [1.54, 1.807) is 21.3 Å². The van der Waals surface area contributed by atoms with Gasteiger partial charge in [-0.05, 0) is 43.4 Å². The van der Waals surface area contributed by atoms with Gasteiger partial charge in [-0.3, -0.25) is 14.4 Å². The van der Waals surface area contributed by atoms with Gasteiger partial charge in [0.05, 0.1) is 34.7 Å². The van der Waals surface area contributed by atoms with Crippen LogP contribution in [-0.4, -0.2) is 78.0 Å². The number of aromatic nitrogens is 3. The largest absolute Gasteiger partial charge is 0.394 e. The third-order valence-electron chi connectivity index (χ3n) is 8.58. The van der Waals surface area contributed by atoms with Gasteiger partial charge in [-0.25, -0.2) is 4.68 Å². The summed E-state index contributed by atoms with van der Waals surface area (Å²) in [5, 5.41) is 24.9. The van der Waals surface area contributed by atoms with Gasteiger partial charge in [0, 0.05) is 11.8 Å². The standard InChI is InChI=1S/C29H34N6O4S/c1-2-14-30-26(37)23-22-12-13-29(40-22)24(23)28(39)35(19(16-36)15-18-8-4-3-5-9-18)25(29)27(38)31-17-34-21-11-7-6-10-20(21)32-33-34/h3-11,19,22-25,36H,2,12-17H2,1H3,(H,30,37)(H,31,38)/t19-,22-,23+,24+,25?,29?/m1/s1. The number of fused-ring (bicyclic) bond motifs is 2. The van der Waals surface area contributed by atoms with Crippen LogP contribution in [0.4, 0.5) is 0 Å². The maximum atomic E-state index is 14.3. The van der Waals surface area contributed by atoms with E-state index in [-0.39, 0.29) is 36.2 Å². The minimum atomic E-state index is -0.820. The second-order valence-electron chi connectivity index (χ2n) is 10.9. The molecule has 2 bridgehead atoms. The Bertz CT molecular complexity index is 1420. The minimum Gasteiger partial charge on any atom is -0.394 e. The summed E-state index contributed by atoms with van der Waals surface area (Å²) in [5.41, 5.74) is 2.48. The molecular formula is C29H34N6O4S. The van der Waals surface area contributed by atoms with Crippen LogP contribution >= 0.6 is 11.8 Å². The lowest BCUT2D eigenvalue weighted by Crippen LogP contribution is -2.57. The molecule has 2 unspecified atom stereocenters. The number of para-hydroxylation sites is 1. The Hall–Kier alpha value is -3.44. The van der Waals surface area contributed by atoms with E-state index < -0.39 is 28.7 Å². The quantitative estimate of drug-likeness (QED) is 0.343. The summed E-state index contributed by atoms with van der Waals surface area (Å²) in [6.07, 6.45) is 2.65. The van der Waals surface area contributed by atoms with Crippen LogP contribution in [-0.2, 0) is 27.5 Å². The summed E-state index contributed by atoms with van der Waals surface area (Å²) in [7, 11) is 0. The molecule has 3 aliphatic heterocycles. The van der Waals surface area contributed by atoms with Gasteiger partial charge >= 0.3 is 0 Å². The van der Waals surface area contributed by atoms with E-state index in [1.165, 1.54) is 0 Å². The summed E-state index contributed by atoms with van der Waals surface area (Å²) < 4.78 is 0.895. The maximum absolute atomic E-state index is 14.3. The number of nitrogens with zero attached hydrogens (tertiary/aromatic N) is 4. The fraction of sp³-hybridized carbons (Fsp3) is 0.483. The lowest BCUT2D eigenvalue weighted by molar-refractivity contribution is -0.142. The monoisotopic (exact) mass is 562 g/mol. The van der Waals surface area contributed by atoms with Crippen molar-refractivity contribution >= 4 is 40.5 Å². The highest BCUT2D eigenvalue weighted by atomic mass is 32.2. The van der Waals surface area contributed by atoms with Gasteiger partial charge in [0.1, 0.15) is 18.2 Å². The van der Waals surface area contributed by atoms with Gasteiger partial charge in [0.15, 0.2) is 0 Å². The van der Waals surface area contributed by atoms with E-state index in [0.29, 0.717) is 19.4 Å². The Morgan fingerprint density at radius 2 is 1.90 bits per heavy atom. The number of aliphatic hydroxyl groups is 1. The highest BCUT2D eigenvalue weighted by molar-refractivity contribution is 8.02. The second-order valence-corrected chi connectivity index (χ2v) is 12.5. The van der Waals surface area contributed by atoms with Crippen molar-refractivity contribution in [3.8, 4) is 0 Å². The molecule has 6 atom stereocenters. The average Bonchev–Trinajstić information content (AvgIpc) is 3.73. The zero-order valence-electron chi connectivity index (χ0n) is 22.4. The van der Waals surface area contributed by atoms with Gasteiger partial charge in [0.2, 0.25) is 17.7 Å². The molecule has 0 saturated carbocycles. The van der Waals surface area contributed by atoms with Crippen molar-refractivity contribution < 1.29 is 19.5 Å². The summed E-state index contributed by atoms with van der Waals surface area (Å²) in [4.78, 5) is 43.3. The lowest BCUT2D eigenvalue weighted by Gasteiger charge is -2.37. The highest BCUT2D eigenvalue weighted by Crippen LogP contribution is 2.66.